The molecule has 0 fully saturated rings. The summed E-state index contributed by atoms with van der Waals surface area (Å²) in [4.78, 5) is 28.4. The molecule has 0 bridgehead atoms. The molecular formula is C18H20N6O2. The molecule has 1 aromatic carbocycles. The standard InChI is InChI=1S/C18H20N6O2/c1-18(19,12-24-8-4-7-22-24)11-21-16(25)17(26)23-14-9-13-5-2-3-6-15(13)20-10-14/h2-10H,11-12,19H2,1H3,(H,21,25)(H,23,26). The highest BCUT2D eigenvalue weighted by molar-refractivity contribution is 6.39. The van der Waals surface area contributed by atoms with E-state index in [1.165, 1.54) is 6.20 Å². The van der Waals surface area contributed by atoms with Crippen molar-refractivity contribution in [3.8, 4) is 0 Å². The molecule has 0 aliphatic carbocycles. The number of pyridine rings is 1. The van der Waals surface area contributed by atoms with Gasteiger partial charge in [-0.15, -0.1) is 0 Å². The number of rotatable bonds is 5. The Balaban J connectivity index is 1.56. The van der Waals surface area contributed by atoms with Crippen molar-refractivity contribution in [1.82, 2.24) is 20.1 Å². The zero-order valence-electron chi connectivity index (χ0n) is 14.3. The molecule has 0 radical (unpaired) electrons. The van der Waals surface area contributed by atoms with Crippen LogP contribution >= 0.6 is 0 Å². The van der Waals surface area contributed by atoms with Gasteiger partial charge in [0.05, 0.1) is 29.5 Å². The lowest BCUT2D eigenvalue weighted by molar-refractivity contribution is -0.136. The molecule has 8 nitrogen and oxygen atoms in total. The van der Waals surface area contributed by atoms with Crippen molar-refractivity contribution in [1.29, 1.82) is 0 Å². The lowest BCUT2D eigenvalue weighted by Gasteiger charge is -2.24. The topological polar surface area (TPSA) is 115 Å². The minimum atomic E-state index is -0.767. The van der Waals surface area contributed by atoms with E-state index in [9.17, 15) is 9.59 Å². The van der Waals surface area contributed by atoms with Crippen LogP contribution in [0.1, 0.15) is 6.92 Å². The molecule has 134 valence electrons. The first kappa shape index (κ1) is 17.6. The predicted octanol–water partition coefficient (Wildman–Crippen LogP) is 0.904. The third-order valence-corrected chi connectivity index (χ3v) is 3.79. The van der Waals surface area contributed by atoms with Crippen LogP contribution in [-0.4, -0.2) is 38.7 Å². The minimum absolute atomic E-state index is 0.134. The summed E-state index contributed by atoms with van der Waals surface area (Å²) in [6, 6.07) is 11.1. The maximum atomic E-state index is 12.1. The number of aromatic nitrogens is 3. The van der Waals surface area contributed by atoms with Gasteiger partial charge in [0, 0.05) is 24.3 Å². The highest BCUT2D eigenvalue weighted by Crippen LogP contribution is 2.15. The zero-order chi connectivity index (χ0) is 18.6. The molecule has 26 heavy (non-hydrogen) atoms. The minimum Gasteiger partial charge on any atom is -0.346 e. The van der Waals surface area contributed by atoms with Crippen molar-refractivity contribution in [3.63, 3.8) is 0 Å². The van der Waals surface area contributed by atoms with Crippen LogP contribution in [0.5, 0.6) is 0 Å². The van der Waals surface area contributed by atoms with Gasteiger partial charge < -0.3 is 16.4 Å². The van der Waals surface area contributed by atoms with Crippen LogP contribution in [-0.2, 0) is 16.1 Å². The molecule has 1 unspecified atom stereocenters. The maximum absolute atomic E-state index is 12.1. The number of anilines is 1. The van der Waals surface area contributed by atoms with Gasteiger partial charge >= 0.3 is 11.8 Å². The number of nitrogens with zero attached hydrogens (tertiary/aromatic N) is 3. The van der Waals surface area contributed by atoms with Gasteiger partial charge in [0.2, 0.25) is 0 Å². The van der Waals surface area contributed by atoms with Crippen LogP contribution in [0.3, 0.4) is 0 Å². The van der Waals surface area contributed by atoms with E-state index >= 15 is 0 Å². The fraction of sp³-hybridized carbons (Fsp3) is 0.222. The molecule has 1 atom stereocenters. The SMILES string of the molecule is CC(N)(CNC(=O)C(=O)Nc1cnc2ccccc2c1)Cn1cccn1. The lowest BCUT2D eigenvalue weighted by Crippen LogP contribution is -2.52. The summed E-state index contributed by atoms with van der Waals surface area (Å²) in [5, 5.41) is 10.1. The van der Waals surface area contributed by atoms with Gasteiger partial charge in [-0.1, -0.05) is 18.2 Å². The Hall–Kier alpha value is -3.26. The van der Waals surface area contributed by atoms with Gasteiger partial charge in [0.1, 0.15) is 0 Å². The van der Waals surface area contributed by atoms with E-state index in [1.54, 1.807) is 36.1 Å². The maximum Gasteiger partial charge on any atom is 0.313 e. The average molecular weight is 352 g/mol. The molecule has 0 saturated heterocycles. The molecule has 8 heteroatoms. The van der Waals surface area contributed by atoms with Crippen molar-refractivity contribution < 1.29 is 9.59 Å². The molecule has 4 N–H and O–H groups in total. The average Bonchev–Trinajstić information content (AvgIpc) is 3.11. The van der Waals surface area contributed by atoms with Crippen molar-refractivity contribution >= 4 is 28.4 Å². The number of benzene rings is 1. The van der Waals surface area contributed by atoms with Gasteiger partial charge in [-0.2, -0.15) is 5.10 Å². The molecule has 0 saturated carbocycles. The van der Waals surface area contributed by atoms with Crippen LogP contribution in [0.2, 0.25) is 0 Å². The molecule has 0 aliphatic heterocycles. The Morgan fingerprint density at radius 3 is 2.81 bits per heavy atom. The van der Waals surface area contributed by atoms with Gasteiger partial charge in [-0.3, -0.25) is 19.3 Å². The van der Waals surface area contributed by atoms with E-state index in [-0.39, 0.29) is 6.54 Å². The smallest absolute Gasteiger partial charge is 0.313 e. The number of nitrogens with two attached hydrogens (primary N) is 1. The quantitative estimate of drug-likeness (QED) is 0.590. The third kappa shape index (κ3) is 4.42. The highest BCUT2D eigenvalue weighted by atomic mass is 16.2. The monoisotopic (exact) mass is 352 g/mol. The second kappa shape index (κ2) is 7.32. The van der Waals surface area contributed by atoms with Crippen molar-refractivity contribution in [2.75, 3.05) is 11.9 Å². The van der Waals surface area contributed by atoms with Crippen LogP contribution in [0.4, 0.5) is 5.69 Å². The van der Waals surface area contributed by atoms with E-state index < -0.39 is 17.4 Å². The van der Waals surface area contributed by atoms with E-state index in [2.05, 4.69) is 20.7 Å². The van der Waals surface area contributed by atoms with Crippen LogP contribution in [0.25, 0.3) is 10.9 Å². The summed E-state index contributed by atoms with van der Waals surface area (Å²) in [6.45, 7) is 2.33. The van der Waals surface area contributed by atoms with Crippen LogP contribution in [0, 0.1) is 0 Å². The van der Waals surface area contributed by atoms with Gasteiger partial charge in [-0.25, -0.2) is 0 Å². The largest absolute Gasteiger partial charge is 0.346 e. The summed E-state index contributed by atoms with van der Waals surface area (Å²) < 4.78 is 1.67. The van der Waals surface area contributed by atoms with E-state index in [0.717, 1.165) is 10.9 Å². The molecule has 2 heterocycles. The predicted molar refractivity (Wildman–Crippen MR) is 98.2 cm³/mol. The summed E-state index contributed by atoms with van der Waals surface area (Å²) >= 11 is 0. The van der Waals surface area contributed by atoms with E-state index in [1.807, 2.05) is 24.3 Å². The summed E-state index contributed by atoms with van der Waals surface area (Å²) in [5.41, 5.74) is 6.68. The number of carbonyl (C=O) groups is 2. The van der Waals surface area contributed by atoms with Crippen molar-refractivity contribution in [2.24, 2.45) is 5.73 Å². The molecule has 2 aromatic heterocycles. The van der Waals surface area contributed by atoms with E-state index in [0.29, 0.717) is 12.2 Å². The van der Waals surface area contributed by atoms with Gasteiger partial charge in [-0.05, 0) is 25.1 Å². The number of carbonyl (C=O) groups excluding carboxylic acids is 2. The first-order chi connectivity index (χ1) is 12.4. The number of fused-ring (bicyclic) bond motifs is 1. The van der Waals surface area contributed by atoms with Gasteiger partial charge in [0.25, 0.3) is 0 Å². The number of amides is 2. The number of para-hydroxylation sites is 1. The fourth-order valence-electron chi connectivity index (χ4n) is 2.51. The van der Waals surface area contributed by atoms with Crippen LogP contribution in [0.15, 0.2) is 55.0 Å². The molecule has 0 spiro atoms. The molecule has 3 aromatic rings. The Kier molecular flexibility index (Phi) is 4.94. The lowest BCUT2D eigenvalue weighted by atomic mass is 10.0. The summed E-state index contributed by atoms with van der Waals surface area (Å²) in [5.74, 6) is -1.52. The van der Waals surface area contributed by atoms with E-state index in [4.69, 9.17) is 5.73 Å². The molecule has 0 aliphatic rings. The van der Waals surface area contributed by atoms with Gasteiger partial charge in [0.15, 0.2) is 0 Å². The number of hydrogen-bond acceptors (Lipinski definition) is 5. The normalized spacial score (nSPS) is 13.2. The number of nitrogens with one attached hydrogen (secondary N) is 2. The molecule has 3 rings (SSSR count). The van der Waals surface area contributed by atoms with Crippen LogP contribution < -0.4 is 16.4 Å². The number of hydrogen-bond donors (Lipinski definition) is 3. The molecular weight excluding hydrogens is 332 g/mol. The van der Waals surface area contributed by atoms with Crippen molar-refractivity contribution in [2.45, 2.75) is 19.0 Å². The Morgan fingerprint density at radius 2 is 2.04 bits per heavy atom. The highest BCUT2D eigenvalue weighted by Gasteiger charge is 2.23. The Morgan fingerprint density at radius 1 is 1.23 bits per heavy atom. The van der Waals surface area contributed by atoms with Crippen molar-refractivity contribution in [3.05, 3.63) is 55.0 Å². The summed E-state index contributed by atoms with van der Waals surface area (Å²) in [6.07, 6.45) is 4.95. The first-order valence-corrected chi connectivity index (χ1v) is 8.13. The first-order valence-electron chi connectivity index (χ1n) is 8.13. The Bertz CT molecular complexity index is 920. The third-order valence-electron chi connectivity index (χ3n) is 3.79. The second-order valence-electron chi connectivity index (χ2n) is 6.41. The fourth-order valence-corrected chi connectivity index (χ4v) is 2.51. The molecule has 2 amide bonds. The Labute approximate surface area is 150 Å². The summed E-state index contributed by atoms with van der Waals surface area (Å²) in [7, 11) is 0. The zero-order valence-corrected chi connectivity index (χ0v) is 14.3. The second-order valence-corrected chi connectivity index (χ2v) is 6.41.